The first kappa shape index (κ1) is 39.6. The molecule has 4 heteroatoms. The van der Waals surface area contributed by atoms with Crippen molar-refractivity contribution >= 4 is 32.7 Å². The maximum atomic E-state index is 6.38. The number of hydrogen-bond acceptors (Lipinski definition) is 3. The van der Waals surface area contributed by atoms with Crippen LogP contribution in [0, 0.1) is 46.8 Å². The molecule has 9 aromatic rings. The Balaban J connectivity index is 0.000000279. The van der Waals surface area contributed by atoms with Crippen LogP contribution in [0.4, 0.5) is 0 Å². The van der Waals surface area contributed by atoms with E-state index in [4.69, 9.17) is 9.40 Å². The van der Waals surface area contributed by atoms with Crippen molar-refractivity contribution in [3.8, 4) is 44.8 Å². The molecule has 6 aromatic carbocycles. The van der Waals surface area contributed by atoms with Gasteiger partial charge in [-0.05, 0) is 124 Å². The molecule has 0 spiro atoms. The quantitative estimate of drug-likeness (QED) is 0.165. The van der Waals surface area contributed by atoms with E-state index in [1.165, 1.54) is 60.8 Å². The molecule has 0 fully saturated rings. The molecular formula is C53H46IrN2O-2. The van der Waals surface area contributed by atoms with Crippen LogP contribution in [-0.2, 0) is 25.5 Å². The van der Waals surface area contributed by atoms with Crippen molar-refractivity contribution in [1.29, 1.82) is 0 Å². The Morgan fingerprint density at radius 3 is 1.98 bits per heavy atom. The van der Waals surface area contributed by atoms with Crippen molar-refractivity contribution in [2.24, 2.45) is 0 Å². The second-order valence-corrected chi connectivity index (χ2v) is 16.1. The predicted octanol–water partition coefficient (Wildman–Crippen LogP) is 14.3. The largest absolute Gasteiger partial charge is 0.501 e. The number of pyridine rings is 2. The monoisotopic (exact) mass is 919 g/mol. The summed E-state index contributed by atoms with van der Waals surface area (Å²) in [6.07, 6.45) is 3.85. The Bertz CT molecular complexity index is 2820. The number of rotatable bonds is 4. The van der Waals surface area contributed by atoms with Gasteiger partial charge in [0.25, 0.3) is 0 Å². The van der Waals surface area contributed by atoms with Crippen molar-refractivity contribution in [2.75, 3.05) is 0 Å². The number of nitrogens with zero attached hydrogens (tertiary/aromatic N) is 2. The second kappa shape index (κ2) is 16.1. The van der Waals surface area contributed by atoms with Gasteiger partial charge in [0, 0.05) is 37.9 Å². The summed E-state index contributed by atoms with van der Waals surface area (Å²) < 4.78 is 6.38. The van der Waals surface area contributed by atoms with E-state index in [9.17, 15) is 0 Å². The van der Waals surface area contributed by atoms with Gasteiger partial charge in [-0.1, -0.05) is 111 Å². The number of fused-ring (bicyclic) bond motifs is 4. The summed E-state index contributed by atoms with van der Waals surface area (Å²) in [5.41, 5.74) is 17.9. The second-order valence-electron chi connectivity index (χ2n) is 16.1. The van der Waals surface area contributed by atoms with Gasteiger partial charge in [-0.2, -0.15) is 0 Å². The van der Waals surface area contributed by atoms with Crippen LogP contribution in [0.25, 0.3) is 77.5 Å². The van der Waals surface area contributed by atoms with Gasteiger partial charge in [-0.25, -0.2) is 0 Å². The van der Waals surface area contributed by atoms with Crippen LogP contribution >= 0.6 is 0 Å². The van der Waals surface area contributed by atoms with E-state index in [0.717, 1.165) is 50.0 Å². The third-order valence-electron chi connectivity index (χ3n) is 10.7. The normalized spacial score (nSPS) is 11.4. The van der Waals surface area contributed by atoms with E-state index < -0.39 is 0 Å². The smallest absolute Gasteiger partial charge is 0.121 e. The topological polar surface area (TPSA) is 38.9 Å². The van der Waals surface area contributed by atoms with E-state index in [1.54, 1.807) is 0 Å². The standard InChI is InChI=1S/C40H34NO.C13H12N.Ir/c1-24-10-17-32-33-8-7-9-34(39(33)42-38(32)18-24)37-22-36(26(3)23-41-37)35-21-29-12-11-28(20-30(29)19-25(35)2)27-13-15-31(16-14-27)40(4,5)6;1-10-3-6-12(7-4-10)13-8-5-11(2)9-14-13;/h7-8,10-23H,1-6H3;3-6,8-9H,1-2H3;/q2*-1;. The summed E-state index contributed by atoms with van der Waals surface area (Å²) in [6, 6.07) is 49.8. The number of hydrogen-bond donors (Lipinski definition) is 0. The van der Waals surface area contributed by atoms with Gasteiger partial charge in [0.05, 0.1) is 5.58 Å². The number of aromatic nitrogens is 2. The average Bonchev–Trinajstić information content (AvgIpc) is 3.56. The van der Waals surface area contributed by atoms with Gasteiger partial charge < -0.3 is 14.4 Å². The van der Waals surface area contributed by atoms with E-state index in [0.29, 0.717) is 0 Å². The fourth-order valence-corrected chi connectivity index (χ4v) is 7.32. The first-order chi connectivity index (χ1) is 26.9. The van der Waals surface area contributed by atoms with Crippen LogP contribution in [0.1, 0.15) is 54.2 Å². The third kappa shape index (κ3) is 8.26. The summed E-state index contributed by atoms with van der Waals surface area (Å²) >= 11 is 0. The van der Waals surface area contributed by atoms with Crippen molar-refractivity contribution in [2.45, 2.75) is 60.8 Å². The van der Waals surface area contributed by atoms with Gasteiger partial charge in [0.1, 0.15) is 5.58 Å². The molecule has 285 valence electrons. The zero-order chi connectivity index (χ0) is 39.1. The fraction of sp³-hybridized carbons (Fsp3) is 0.170. The van der Waals surface area contributed by atoms with Gasteiger partial charge in [-0.3, -0.25) is 0 Å². The fourth-order valence-electron chi connectivity index (χ4n) is 7.32. The maximum Gasteiger partial charge on any atom is 0.121 e. The SMILES string of the molecule is Cc1c[c-]c(-c2ccc(C)cn2)cc1.Cc1ccc2c(c1)oc1c(-c3cc(-c4cc5ccc(-c6ccc(C(C)(C)C)cc6)cc5cc4C)c(C)cn3)[c-]ccc12.[Ir]. The number of aryl methyl sites for hydroxylation is 5. The summed E-state index contributed by atoms with van der Waals surface area (Å²) in [6.45, 7) is 17.3. The Morgan fingerprint density at radius 1 is 0.544 bits per heavy atom. The summed E-state index contributed by atoms with van der Waals surface area (Å²) in [5, 5.41) is 4.68. The first-order valence-electron chi connectivity index (χ1n) is 19.3. The number of furan rings is 1. The van der Waals surface area contributed by atoms with E-state index in [2.05, 4.69) is 163 Å². The minimum absolute atomic E-state index is 0. The summed E-state index contributed by atoms with van der Waals surface area (Å²) in [7, 11) is 0. The van der Waals surface area contributed by atoms with Crippen LogP contribution in [0.3, 0.4) is 0 Å². The van der Waals surface area contributed by atoms with Crippen LogP contribution in [-0.4, -0.2) is 9.97 Å². The minimum atomic E-state index is 0. The molecule has 0 aliphatic heterocycles. The molecular weight excluding hydrogens is 873 g/mol. The van der Waals surface area contributed by atoms with Gasteiger partial charge >= 0.3 is 0 Å². The minimum Gasteiger partial charge on any atom is -0.501 e. The molecule has 0 aliphatic rings. The van der Waals surface area contributed by atoms with E-state index in [1.807, 2.05) is 43.6 Å². The molecule has 0 aliphatic carbocycles. The average molecular weight is 919 g/mol. The molecule has 0 bridgehead atoms. The molecule has 0 amide bonds. The zero-order valence-corrected chi connectivity index (χ0v) is 36.2. The molecule has 0 saturated heterocycles. The van der Waals surface area contributed by atoms with Crippen molar-refractivity contribution in [3.63, 3.8) is 0 Å². The maximum absolute atomic E-state index is 6.38. The summed E-state index contributed by atoms with van der Waals surface area (Å²) in [5.74, 6) is 0. The molecule has 3 nitrogen and oxygen atoms in total. The molecule has 0 N–H and O–H groups in total. The Labute approximate surface area is 350 Å². The van der Waals surface area contributed by atoms with Crippen molar-refractivity contribution in [1.82, 2.24) is 9.97 Å². The number of benzene rings is 6. The van der Waals surface area contributed by atoms with Gasteiger partial charge in [-0.15, -0.1) is 53.6 Å². The van der Waals surface area contributed by atoms with Gasteiger partial charge in [0.15, 0.2) is 0 Å². The molecule has 0 unspecified atom stereocenters. The van der Waals surface area contributed by atoms with Crippen molar-refractivity contribution < 1.29 is 24.5 Å². The first-order valence-corrected chi connectivity index (χ1v) is 19.3. The van der Waals surface area contributed by atoms with Crippen LogP contribution in [0.2, 0.25) is 0 Å². The van der Waals surface area contributed by atoms with E-state index >= 15 is 0 Å². The van der Waals surface area contributed by atoms with Gasteiger partial charge in [0.2, 0.25) is 0 Å². The summed E-state index contributed by atoms with van der Waals surface area (Å²) in [4.78, 5) is 9.19. The van der Waals surface area contributed by atoms with Crippen molar-refractivity contribution in [3.05, 3.63) is 179 Å². The Kier molecular flexibility index (Phi) is 11.1. The van der Waals surface area contributed by atoms with Crippen LogP contribution in [0.5, 0.6) is 0 Å². The molecule has 1 radical (unpaired) electrons. The molecule has 0 atom stereocenters. The predicted molar refractivity (Wildman–Crippen MR) is 235 cm³/mol. The molecule has 3 heterocycles. The molecule has 9 rings (SSSR count). The molecule has 3 aromatic heterocycles. The molecule has 0 saturated carbocycles. The van der Waals surface area contributed by atoms with Crippen LogP contribution < -0.4 is 0 Å². The molecule has 57 heavy (non-hydrogen) atoms. The Morgan fingerprint density at radius 2 is 1.26 bits per heavy atom. The van der Waals surface area contributed by atoms with E-state index in [-0.39, 0.29) is 25.5 Å². The third-order valence-corrected chi connectivity index (χ3v) is 10.7. The van der Waals surface area contributed by atoms with Crippen LogP contribution in [0.15, 0.2) is 138 Å². The Hall–Kier alpha value is -5.67. The zero-order valence-electron chi connectivity index (χ0n) is 33.8.